The second-order valence-electron chi connectivity index (χ2n) is 3.87. The van der Waals surface area contributed by atoms with E-state index < -0.39 is 16.3 Å². The molecule has 2 rings (SSSR count). The third-order valence-electron chi connectivity index (χ3n) is 2.74. The average Bonchev–Trinajstić information content (AvgIpc) is 2.65. The van der Waals surface area contributed by atoms with Gasteiger partial charge in [-0.15, -0.1) is 0 Å². The van der Waals surface area contributed by atoms with Crippen molar-refractivity contribution in [1.29, 1.82) is 0 Å². The Morgan fingerprint density at radius 3 is 2.56 bits per heavy atom. The van der Waals surface area contributed by atoms with Gasteiger partial charge in [-0.05, 0) is 5.56 Å². The van der Waals surface area contributed by atoms with E-state index in [4.69, 9.17) is 0 Å². The summed E-state index contributed by atoms with van der Waals surface area (Å²) in [5.41, 5.74) is 0.882. The topological polar surface area (TPSA) is 66.9 Å². The molecule has 0 unspecified atom stereocenters. The smallest absolute Gasteiger partial charge is 0.424 e. The molecular formula is C11H14N2O4S. The summed E-state index contributed by atoms with van der Waals surface area (Å²) >= 11 is 0. The van der Waals surface area contributed by atoms with E-state index in [-0.39, 0.29) is 19.6 Å². The van der Waals surface area contributed by atoms with Gasteiger partial charge in [-0.1, -0.05) is 30.3 Å². The first-order valence-corrected chi connectivity index (χ1v) is 6.85. The summed E-state index contributed by atoms with van der Waals surface area (Å²) in [6, 6.07) is 9.24. The van der Waals surface area contributed by atoms with Crippen LogP contribution in [0.3, 0.4) is 0 Å². The van der Waals surface area contributed by atoms with Gasteiger partial charge in [-0.2, -0.15) is 17.0 Å². The Kier molecular flexibility index (Phi) is 3.53. The maximum Gasteiger partial charge on any atom is 0.424 e. The average molecular weight is 270 g/mol. The minimum atomic E-state index is -3.75. The molecular weight excluding hydrogens is 256 g/mol. The van der Waals surface area contributed by atoms with E-state index in [1.807, 2.05) is 30.3 Å². The molecule has 1 fully saturated rings. The third kappa shape index (κ3) is 2.32. The lowest BCUT2D eigenvalue weighted by Crippen LogP contribution is -2.36. The fourth-order valence-corrected chi connectivity index (χ4v) is 3.29. The number of amides is 1. The summed E-state index contributed by atoms with van der Waals surface area (Å²) < 4.78 is 30.6. The summed E-state index contributed by atoms with van der Waals surface area (Å²) in [6.45, 7) is 0.671. The number of nitrogens with zero attached hydrogens (tertiary/aromatic N) is 2. The van der Waals surface area contributed by atoms with E-state index in [1.165, 1.54) is 4.31 Å². The minimum Gasteiger partial charge on any atom is -0.452 e. The molecule has 7 heteroatoms. The predicted octanol–water partition coefficient (Wildman–Crippen LogP) is 0.815. The molecule has 0 radical (unpaired) electrons. The van der Waals surface area contributed by atoms with Gasteiger partial charge in [-0.3, -0.25) is 0 Å². The molecule has 0 saturated carbocycles. The first-order chi connectivity index (χ1) is 8.55. The van der Waals surface area contributed by atoms with Crippen molar-refractivity contribution in [3.63, 3.8) is 0 Å². The van der Waals surface area contributed by atoms with E-state index in [0.717, 1.165) is 17.0 Å². The van der Waals surface area contributed by atoms with E-state index in [9.17, 15) is 13.2 Å². The van der Waals surface area contributed by atoms with Crippen LogP contribution in [0.1, 0.15) is 5.56 Å². The van der Waals surface area contributed by atoms with Gasteiger partial charge in [0.15, 0.2) is 0 Å². The quantitative estimate of drug-likeness (QED) is 0.797. The lowest BCUT2D eigenvalue weighted by molar-refractivity contribution is 0.152. The summed E-state index contributed by atoms with van der Waals surface area (Å²) in [5, 5.41) is 0. The predicted molar refractivity (Wildman–Crippen MR) is 64.9 cm³/mol. The normalized spacial score (nSPS) is 18.8. The standard InChI is InChI=1S/C11H14N2O4S/c1-17-11(14)13-8-7-12(18(13,15)16)9-10-5-3-2-4-6-10/h2-6H,7-9H2,1H3. The van der Waals surface area contributed by atoms with Crippen LogP contribution >= 0.6 is 0 Å². The van der Waals surface area contributed by atoms with Gasteiger partial charge in [0.1, 0.15) is 0 Å². The number of hydrogen-bond donors (Lipinski definition) is 0. The molecule has 0 spiro atoms. The van der Waals surface area contributed by atoms with E-state index in [1.54, 1.807) is 0 Å². The molecule has 0 atom stereocenters. The first-order valence-electron chi connectivity index (χ1n) is 5.45. The van der Waals surface area contributed by atoms with Gasteiger partial charge in [0.2, 0.25) is 0 Å². The highest BCUT2D eigenvalue weighted by Crippen LogP contribution is 2.20. The van der Waals surface area contributed by atoms with E-state index in [2.05, 4.69) is 4.74 Å². The van der Waals surface area contributed by atoms with Crippen LogP contribution in [-0.2, 0) is 21.5 Å². The summed E-state index contributed by atoms with van der Waals surface area (Å²) in [7, 11) is -2.58. The highest BCUT2D eigenvalue weighted by molar-refractivity contribution is 7.87. The highest BCUT2D eigenvalue weighted by atomic mass is 32.2. The molecule has 0 N–H and O–H groups in total. The van der Waals surface area contributed by atoms with Crippen LogP contribution in [0.4, 0.5) is 4.79 Å². The third-order valence-corrected chi connectivity index (χ3v) is 4.59. The van der Waals surface area contributed by atoms with Gasteiger partial charge in [-0.25, -0.2) is 4.79 Å². The van der Waals surface area contributed by atoms with Crippen molar-refractivity contribution in [3.05, 3.63) is 35.9 Å². The van der Waals surface area contributed by atoms with Crippen molar-refractivity contribution >= 4 is 16.3 Å². The van der Waals surface area contributed by atoms with Crippen molar-refractivity contribution in [2.24, 2.45) is 0 Å². The lowest BCUT2D eigenvalue weighted by Gasteiger charge is -2.17. The maximum atomic E-state index is 12.0. The second-order valence-corrected chi connectivity index (χ2v) is 5.72. The Morgan fingerprint density at radius 2 is 1.94 bits per heavy atom. The van der Waals surface area contributed by atoms with E-state index in [0.29, 0.717) is 0 Å². The molecule has 1 amide bonds. The first kappa shape index (κ1) is 12.8. The number of rotatable bonds is 2. The minimum absolute atomic E-state index is 0.127. The summed E-state index contributed by atoms with van der Waals surface area (Å²) in [5.74, 6) is 0. The Morgan fingerprint density at radius 1 is 1.28 bits per heavy atom. The van der Waals surface area contributed by atoms with Crippen LogP contribution < -0.4 is 0 Å². The monoisotopic (exact) mass is 270 g/mol. The van der Waals surface area contributed by atoms with Gasteiger partial charge >= 0.3 is 16.3 Å². The molecule has 0 aromatic heterocycles. The number of methoxy groups -OCH3 is 1. The fourth-order valence-electron chi connectivity index (χ4n) is 1.81. The van der Waals surface area contributed by atoms with Crippen LogP contribution in [0.2, 0.25) is 0 Å². The van der Waals surface area contributed by atoms with Crippen molar-refractivity contribution in [1.82, 2.24) is 8.61 Å². The van der Waals surface area contributed by atoms with E-state index >= 15 is 0 Å². The number of carbonyl (C=O) groups excluding carboxylic acids is 1. The van der Waals surface area contributed by atoms with Crippen molar-refractivity contribution in [3.8, 4) is 0 Å². The zero-order chi connectivity index (χ0) is 13.2. The molecule has 18 heavy (non-hydrogen) atoms. The molecule has 1 saturated heterocycles. The van der Waals surface area contributed by atoms with Gasteiger partial charge < -0.3 is 4.74 Å². The molecule has 1 aromatic carbocycles. The maximum absolute atomic E-state index is 12.0. The van der Waals surface area contributed by atoms with Crippen LogP contribution in [0.15, 0.2) is 30.3 Å². The van der Waals surface area contributed by atoms with Gasteiger partial charge in [0.05, 0.1) is 13.7 Å². The van der Waals surface area contributed by atoms with Crippen molar-refractivity contribution < 1.29 is 17.9 Å². The Bertz CT molecular complexity index is 529. The Labute approximate surface area is 106 Å². The van der Waals surface area contributed by atoms with Crippen LogP contribution in [-0.4, -0.2) is 43.3 Å². The zero-order valence-electron chi connectivity index (χ0n) is 9.94. The molecule has 1 aromatic rings. The van der Waals surface area contributed by atoms with Gasteiger partial charge in [0.25, 0.3) is 0 Å². The van der Waals surface area contributed by atoms with Crippen molar-refractivity contribution in [2.75, 3.05) is 20.2 Å². The summed E-state index contributed by atoms with van der Waals surface area (Å²) in [6.07, 6.45) is -0.842. The molecule has 0 bridgehead atoms. The van der Waals surface area contributed by atoms with Crippen LogP contribution in [0.5, 0.6) is 0 Å². The second kappa shape index (κ2) is 4.95. The van der Waals surface area contributed by atoms with Crippen molar-refractivity contribution in [2.45, 2.75) is 6.54 Å². The number of carbonyl (C=O) groups is 1. The SMILES string of the molecule is COC(=O)N1CCN(Cc2ccccc2)S1(=O)=O. The molecule has 1 aliphatic rings. The lowest BCUT2D eigenvalue weighted by atomic mass is 10.2. The number of hydrogen-bond acceptors (Lipinski definition) is 4. The number of ether oxygens (including phenoxy) is 1. The Balaban J connectivity index is 2.15. The number of benzene rings is 1. The largest absolute Gasteiger partial charge is 0.452 e. The Hall–Kier alpha value is -1.60. The molecule has 1 aliphatic heterocycles. The molecule has 6 nitrogen and oxygen atoms in total. The highest BCUT2D eigenvalue weighted by Gasteiger charge is 2.40. The zero-order valence-corrected chi connectivity index (χ0v) is 10.8. The molecule has 1 heterocycles. The van der Waals surface area contributed by atoms with Gasteiger partial charge in [0, 0.05) is 13.1 Å². The molecule has 0 aliphatic carbocycles. The van der Waals surface area contributed by atoms with Crippen LogP contribution in [0, 0.1) is 0 Å². The fraction of sp³-hybridized carbons (Fsp3) is 0.364. The summed E-state index contributed by atoms with van der Waals surface area (Å²) in [4.78, 5) is 11.3. The van der Waals surface area contributed by atoms with Crippen LogP contribution in [0.25, 0.3) is 0 Å². The molecule has 98 valence electrons.